The van der Waals surface area contributed by atoms with Gasteiger partial charge in [0.1, 0.15) is 5.69 Å². The van der Waals surface area contributed by atoms with Crippen molar-refractivity contribution in [2.75, 3.05) is 14.2 Å². The van der Waals surface area contributed by atoms with Crippen LogP contribution in [0.5, 0.6) is 11.5 Å². The second kappa shape index (κ2) is 8.34. The van der Waals surface area contributed by atoms with Crippen molar-refractivity contribution in [2.24, 2.45) is 0 Å². The summed E-state index contributed by atoms with van der Waals surface area (Å²) in [5, 5.41) is 7.89. The van der Waals surface area contributed by atoms with Gasteiger partial charge in [0.15, 0.2) is 11.5 Å². The first-order valence-corrected chi connectivity index (χ1v) is 10.5. The molecule has 0 saturated heterocycles. The molecule has 0 bridgehead atoms. The molecule has 1 amide bonds. The summed E-state index contributed by atoms with van der Waals surface area (Å²) in [6.07, 6.45) is 2.15. The fourth-order valence-corrected chi connectivity index (χ4v) is 3.80. The van der Waals surface area contributed by atoms with E-state index in [2.05, 4.69) is 15.5 Å². The number of pyridine rings is 1. The lowest BCUT2D eigenvalue weighted by atomic mass is 10.0. The maximum absolute atomic E-state index is 13.3. The Morgan fingerprint density at radius 1 is 1.06 bits per heavy atom. The van der Waals surface area contributed by atoms with Gasteiger partial charge in [-0.25, -0.2) is 4.98 Å². The summed E-state index contributed by atoms with van der Waals surface area (Å²) in [7, 11) is 3.18. The average molecular weight is 429 g/mol. The van der Waals surface area contributed by atoms with Crippen LogP contribution in [0.3, 0.4) is 0 Å². The van der Waals surface area contributed by atoms with Crippen LogP contribution in [0.15, 0.2) is 59.1 Å². The second-order valence-corrected chi connectivity index (χ2v) is 7.82. The number of methoxy groups -OCH3 is 2. The van der Waals surface area contributed by atoms with Gasteiger partial charge in [0, 0.05) is 23.7 Å². The highest BCUT2D eigenvalue weighted by Gasteiger charge is 2.29. The first-order chi connectivity index (χ1) is 15.7. The van der Waals surface area contributed by atoms with Crippen molar-refractivity contribution in [3.63, 3.8) is 0 Å². The van der Waals surface area contributed by atoms with Crippen LogP contribution in [0.2, 0.25) is 0 Å². The van der Waals surface area contributed by atoms with Gasteiger partial charge in [-0.15, -0.1) is 0 Å². The van der Waals surface area contributed by atoms with Crippen molar-refractivity contribution in [3.8, 4) is 22.8 Å². The van der Waals surface area contributed by atoms with Crippen LogP contribution in [-0.2, 0) is 6.54 Å². The van der Waals surface area contributed by atoms with E-state index < -0.39 is 0 Å². The highest BCUT2D eigenvalue weighted by atomic mass is 16.5. The summed E-state index contributed by atoms with van der Waals surface area (Å²) < 4.78 is 16.2. The number of benzene rings is 2. The number of nitrogens with zero attached hydrogens (tertiary/aromatic N) is 2. The molecule has 1 aliphatic carbocycles. The van der Waals surface area contributed by atoms with Crippen molar-refractivity contribution in [2.45, 2.75) is 25.3 Å². The van der Waals surface area contributed by atoms with Gasteiger partial charge in [-0.3, -0.25) is 4.79 Å². The van der Waals surface area contributed by atoms with Crippen molar-refractivity contribution < 1.29 is 18.8 Å². The highest BCUT2D eigenvalue weighted by Crippen LogP contribution is 2.41. The zero-order valence-electron chi connectivity index (χ0n) is 17.9. The van der Waals surface area contributed by atoms with Gasteiger partial charge in [0.25, 0.3) is 11.6 Å². The second-order valence-electron chi connectivity index (χ2n) is 7.82. The Hall–Kier alpha value is -3.87. The summed E-state index contributed by atoms with van der Waals surface area (Å²) in [4.78, 5) is 18.0. The molecule has 1 aliphatic rings. The van der Waals surface area contributed by atoms with Crippen LogP contribution in [0.25, 0.3) is 22.4 Å². The van der Waals surface area contributed by atoms with E-state index in [0.717, 1.165) is 29.7 Å². The third-order valence-electron chi connectivity index (χ3n) is 5.65. The number of carbonyl (C=O) groups excluding carboxylic acids is 1. The van der Waals surface area contributed by atoms with Crippen LogP contribution >= 0.6 is 0 Å². The normalized spacial score (nSPS) is 13.2. The van der Waals surface area contributed by atoms with E-state index in [9.17, 15) is 4.79 Å². The lowest BCUT2D eigenvalue weighted by Crippen LogP contribution is -2.23. The maximum atomic E-state index is 13.3. The molecule has 0 atom stereocenters. The predicted octanol–water partition coefficient (Wildman–Crippen LogP) is 4.71. The summed E-state index contributed by atoms with van der Waals surface area (Å²) in [5.41, 5.74) is 4.19. The molecule has 0 aliphatic heterocycles. The van der Waals surface area contributed by atoms with Crippen LogP contribution in [0.4, 0.5) is 0 Å². The van der Waals surface area contributed by atoms with Gasteiger partial charge in [0.05, 0.1) is 25.2 Å². The minimum atomic E-state index is -0.200. The third kappa shape index (κ3) is 3.77. The molecule has 0 radical (unpaired) electrons. The minimum absolute atomic E-state index is 0.200. The Morgan fingerprint density at radius 3 is 2.56 bits per heavy atom. The van der Waals surface area contributed by atoms with Crippen molar-refractivity contribution in [1.29, 1.82) is 0 Å². The molecular weight excluding hydrogens is 406 g/mol. The SMILES string of the molecule is COc1ccc(CNC(=O)c2cc(C3CC3)nc3onc(-c4ccccc4)c23)cc1OC. The Kier molecular flexibility index (Phi) is 5.23. The molecule has 0 unspecified atom stereocenters. The number of amides is 1. The topological polar surface area (TPSA) is 86.5 Å². The number of hydrogen-bond donors (Lipinski definition) is 1. The van der Waals surface area contributed by atoms with Crippen LogP contribution in [0.1, 0.15) is 40.4 Å². The first kappa shape index (κ1) is 20.1. The van der Waals surface area contributed by atoms with Crippen molar-refractivity contribution in [3.05, 3.63) is 71.4 Å². The average Bonchev–Trinajstić information content (AvgIpc) is 3.61. The molecule has 2 aromatic carbocycles. The van der Waals surface area contributed by atoms with Gasteiger partial charge < -0.3 is 19.3 Å². The number of ether oxygens (including phenoxy) is 2. The fourth-order valence-electron chi connectivity index (χ4n) is 3.80. The molecule has 7 nitrogen and oxygen atoms in total. The number of hydrogen-bond acceptors (Lipinski definition) is 6. The number of carbonyl (C=O) groups is 1. The molecule has 7 heteroatoms. The molecule has 32 heavy (non-hydrogen) atoms. The van der Waals surface area contributed by atoms with E-state index in [-0.39, 0.29) is 5.91 Å². The number of aromatic nitrogens is 2. The predicted molar refractivity (Wildman–Crippen MR) is 120 cm³/mol. The highest BCUT2D eigenvalue weighted by molar-refractivity contribution is 6.09. The van der Waals surface area contributed by atoms with Gasteiger partial charge in [0.2, 0.25) is 0 Å². The van der Waals surface area contributed by atoms with Gasteiger partial charge in [-0.05, 0) is 36.6 Å². The Labute approximate surface area is 185 Å². The monoisotopic (exact) mass is 429 g/mol. The van der Waals surface area contributed by atoms with Crippen LogP contribution < -0.4 is 14.8 Å². The Balaban J connectivity index is 1.49. The standard InChI is InChI=1S/C25H23N3O4/c1-30-20-11-8-15(12-21(20)31-2)14-26-24(29)18-13-19(16-9-10-16)27-25-22(18)23(28-32-25)17-6-4-3-5-7-17/h3-8,11-13,16H,9-10,14H2,1-2H3,(H,26,29). The quantitative estimate of drug-likeness (QED) is 0.458. The lowest BCUT2D eigenvalue weighted by molar-refractivity contribution is 0.0952. The smallest absolute Gasteiger partial charge is 0.259 e. The van der Waals surface area contributed by atoms with E-state index in [1.807, 2.05) is 54.6 Å². The summed E-state index contributed by atoms with van der Waals surface area (Å²) in [5.74, 6) is 1.44. The molecule has 4 aromatic rings. The van der Waals surface area contributed by atoms with E-state index in [1.165, 1.54) is 0 Å². The maximum Gasteiger partial charge on any atom is 0.259 e. The Morgan fingerprint density at radius 2 is 1.84 bits per heavy atom. The summed E-state index contributed by atoms with van der Waals surface area (Å²) >= 11 is 0. The molecule has 2 heterocycles. The van der Waals surface area contributed by atoms with Gasteiger partial charge in [-0.2, -0.15) is 0 Å². The van der Waals surface area contributed by atoms with Gasteiger partial charge >= 0.3 is 0 Å². The Bertz CT molecular complexity index is 1280. The summed E-state index contributed by atoms with van der Waals surface area (Å²) in [6.45, 7) is 0.341. The molecule has 162 valence electrons. The molecule has 2 aromatic heterocycles. The van der Waals surface area contributed by atoms with Crippen molar-refractivity contribution in [1.82, 2.24) is 15.5 Å². The molecule has 5 rings (SSSR count). The summed E-state index contributed by atoms with van der Waals surface area (Å²) in [6, 6.07) is 17.1. The number of fused-ring (bicyclic) bond motifs is 1. The van der Waals surface area contributed by atoms with E-state index >= 15 is 0 Å². The first-order valence-electron chi connectivity index (χ1n) is 10.5. The zero-order chi connectivity index (χ0) is 22.1. The molecule has 1 N–H and O–H groups in total. The molecule has 0 spiro atoms. The van der Waals surface area contributed by atoms with E-state index in [4.69, 9.17) is 14.0 Å². The van der Waals surface area contributed by atoms with E-state index in [0.29, 0.717) is 46.3 Å². The van der Waals surface area contributed by atoms with Gasteiger partial charge in [-0.1, -0.05) is 41.6 Å². The van der Waals surface area contributed by atoms with Crippen LogP contribution in [0, 0.1) is 0 Å². The molecular formula is C25H23N3O4. The minimum Gasteiger partial charge on any atom is -0.493 e. The lowest BCUT2D eigenvalue weighted by Gasteiger charge is -2.11. The molecule has 1 fully saturated rings. The third-order valence-corrected chi connectivity index (χ3v) is 5.65. The van der Waals surface area contributed by atoms with E-state index in [1.54, 1.807) is 14.2 Å². The number of nitrogens with one attached hydrogen (secondary N) is 1. The van der Waals surface area contributed by atoms with Crippen LogP contribution in [-0.4, -0.2) is 30.3 Å². The fraction of sp³-hybridized carbons (Fsp3) is 0.240. The molecule has 1 saturated carbocycles. The number of rotatable bonds is 7. The zero-order valence-corrected chi connectivity index (χ0v) is 17.9. The largest absolute Gasteiger partial charge is 0.493 e. The van der Waals surface area contributed by atoms with Crippen molar-refractivity contribution >= 4 is 17.0 Å².